The van der Waals surface area contributed by atoms with Crippen LogP contribution in [0.3, 0.4) is 0 Å². The Balaban J connectivity index is 1.40. The lowest BCUT2D eigenvalue weighted by Gasteiger charge is -2.10. The number of nitrogens with two attached hydrogens (primary N) is 1. The van der Waals surface area contributed by atoms with E-state index in [9.17, 15) is 13.6 Å². The van der Waals surface area contributed by atoms with Crippen molar-refractivity contribution < 1.29 is 18.3 Å². The predicted octanol–water partition coefficient (Wildman–Crippen LogP) is 4.80. The van der Waals surface area contributed by atoms with Crippen molar-refractivity contribution in [3.8, 4) is 11.5 Å². The Morgan fingerprint density at radius 3 is 2.32 bits per heavy atom. The number of anilines is 2. The van der Waals surface area contributed by atoms with Gasteiger partial charge in [-0.1, -0.05) is 0 Å². The van der Waals surface area contributed by atoms with Crippen molar-refractivity contribution in [2.45, 2.75) is 6.54 Å². The van der Waals surface area contributed by atoms with Crippen molar-refractivity contribution >= 4 is 28.4 Å². The highest BCUT2D eigenvalue weighted by molar-refractivity contribution is 5.99. The van der Waals surface area contributed by atoms with Gasteiger partial charge in [-0.15, -0.1) is 0 Å². The molecule has 1 heterocycles. The van der Waals surface area contributed by atoms with E-state index in [1.807, 2.05) is 0 Å². The van der Waals surface area contributed by atoms with Crippen LogP contribution in [-0.2, 0) is 6.54 Å². The van der Waals surface area contributed by atoms with Gasteiger partial charge in [-0.25, -0.2) is 18.6 Å². The SMILES string of the molecule is NCc1cnc2ccc(Oc3ccc(NC(=O)Nc4ccc(F)c(F)c4)cc3)cc2n1. The van der Waals surface area contributed by atoms with Crippen molar-refractivity contribution in [2.75, 3.05) is 10.6 Å². The second-order valence-electron chi connectivity index (χ2n) is 6.55. The molecule has 31 heavy (non-hydrogen) atoms. The van der Waals surface area contributed by atoms with Gasteiger partial charge < -0.3 is 21.1 Å². The number of hydrogen-bond donors (Lipinski definition) is 3. The molecule has 0 saturated heterocycles. The Hall–Kier alpha value is -4.11. The van der Waals surface area contributed by atoms with Gasteiger partial charge >= 0.3 is 6.03 Å². The molecule has 0 spiro atoms. The number of urea groups is 1. The number of amides is 2. The largest absolute Gasteiger partial charge is 0.457 e. The molecule has 0 unspecified atom stereocenters. The number of nitrogens with one attached hydrogen (secondary N) is 2. The number of carbonyl (C=O) groups is 1. The molecule has 7 nitrogen and oxygen atoms in total. The molecule has 4 rings (SSSR count). The van der Waals surface area contributed by atoms with Crippen LogP contribution in [0.2, 0.25) is 0 Å². The summed E-state index contributed by atoms with van der Waals surface area (Å²) >= 11 is 0. The number of carbonyl (C=O) groups excluding carboxylic acids is 1. The van der Waals surface area contributed by atoms with Gasteiger partial charge in [0.1, 0.15) is 11.5 Å². The molecule has 0 bridgehead atoms. The van der Waals surface area contributed by atoms with Crippen LogP contribution in [0.1, 0.15) is 5.69 Å². The fourth-order valence-corrected chi connectivity index (χ4v) is 2.80. The third-order valence-electron chi connectivity index (χ3n) is 4.30. The second-order valence-corrected chi connectivity index (χ2v) is 6.55. The van der Waals surface area contributed by atoms with E-state index in [1.165, 1.54) is 6.07 Å². The molecule has 0 radical (unpaired) electrons. The van der Waals surface area contributed by atoms with Crippen LogP contribution in [-0.4, -0.2) is 16.0 Å². The van der Waals surface area contributed by atoms with E-state index < -0.39 is 17.7 Å². The predicted molar refractivity (Wildman–Crippen MR) is 113 cm³/mol. The molecule has 0 fully saturated rings. The number of rotatable bonds is 5. The summed E-state index contributed by atoms with van der Waals surface area (Å²) in [6.45, 7) is 0.298. The zero-order chi connectivity index (χ0) is 21.8. The number of benzene rings is 3. The molecule has 0 atom stereocenters. The van der Waals surface area contributed by atoms with Crippen LogP contribution in [0.4, 0.5) is 25.0 Å². The Morgan fingerprint density at radius 1 is 0.871 bits per heavy atom. The topological polar surface area (TPSA) is 102 Å². The fourth-order valence-electron chi connectivity index (χ4n) is 2.80. The lowest BCUT2D eigenvalue weighted by Crippen LogP contribution is -2.19. The number of ether oxygens (including phenoxy) is 1. The first-order chi connectivity index (χ1) is 15.0. The summed E-state index contributed by atoms with van der Waals surface area (Å²) in [5.41, 5.74) is 8.32. The highest BCUT2D eigenvalue weighted by Crippen LogP contribution is 2.25. The third-order valence-corrected chi connectivity index (χ3v) is 4.30. The number of nitrogens with zero attached hydrogens (tertiary/aromatic N) is 2. The third kappa shape index (κ3) is 4.90. The molecule has 9 heteroatoms. The molecule has 0 aliphatic heterocycles. The zero-order valence-corrected chi connectivity index (χ0v) is 16.1. The lowest BCUT2D eigenvalue weighted by atomic mass is 10.2. The minimum Gasteiger partial charge on any atom is -0.457 e. The quantitative estimate of drug-likeness (QED) is 0.430. The van der Waals surface area contributed by atoms with Crippen LogP contribution in [0.15, 0.2) is 66.9 Å². The molecule has 0 saturated carbocycles. The highest BCUT2D eigenvalue weighted by Gasteiger charge is 2.07. The maximum Gasteiger partial charge on any atom is 0.323 e. The van der Waals surface area contributed by atoms with Crippen LogP contribution in [0.25, 0.3) is 11.0 Å². The van der Waals surface area contributed by atoms with E-state index in [-0.39, 0.29) is 5.69 Å². The minimum atomic E-state index is -1.04. The fraction of sp³-hybridized carbons (Fsp3) is 0.0455. The first-order valence-corrected chi connectivity index (χ1v) is 9.27. The highest BCUT2D eigenvalue weighted by atomic mass is 19.2. The summed E-state index contributed by atoms with van der Waals surface area (Å²) in [4.78, 5) is 20.8. The first kappa shape index (κ1) is 20.2. The molecule has 3 aromatic carbocycles. The van der Waals surface area contributed by atoms with Gasteiger partial charge in [0.05, 0.1) is 22.9 Å². The molecule has 4 aromatic rings. The average molecular weight is 421 g/mol. The summed E-state index contributed by atoms with van der Waals surface area (Å²) in [5.74, 6) is -0.903. The zero-order valence-electron chi connectivity index (χ0n) is 16.1. The van der Waals surface area contributed by atoms with Gasteiger partial charge in [-0.3, -0.25) is 4.98 Å². The summed E-state index contributed by atoms with van der Waals surface area (Å²) in [6.07, 6.45) is 1.64. The second kappa shape index (κ2) is 8.72. The van der Waals surface area contributed by atoms with Crippen molar-refractivity contribution in [1.29, 1.82) is 0 Å². The molecule has 0 aliphatic rings. The van der Waals surface area contributed by atoms with Gasteiger partial charge in [-0.05, 0) is 48.5 Å². The summed E-state index contributed by atoms with van der Waals surface area (Å²) in [7, 11) is 0. The van der Waals surface area contributed by atoms with Gasteiger partial charge in [0.25, 0.3) is 0 Å². The van der Waals surface area contributed by atoms with Crippen LogP contribution >= 0.6 is 0 Å². The number of halogens is 2. The lowest BCUT2D eigenvalue weighted by molar-refractivity contribution is 0.262. The number of aromatic nitrogens is 2. The molecule has 156 valence electrons. The molecular formula is C22H17F2N5O2. The summed E-state index contributed by atoms with van der Waals surface area (Å²) in [5, 5.41) is 5.03. The summed E-state index contributed by atoms with van der Waals surface area (Å²) in [6, 6.07) is 14.5. The van der Waals surface area contributed by atoms with E-state index >= 15 is 0 Å². The molecule has 2 amide bonds. The normalized spacial score (nSPS) is 10.7. The van der Waals surface area contributed by atoms with Gasteiger partial charge in [-0.2, -0.15) is 0 Å². The van der Waals surface area contributed by atoms with Gasteiger partial charge in [0, 0.05) is 30.1 Å². The molecule has 1 aromatic heterocycles. The van der Waals surface area contributed by atoms with Gasteiger partial charge in [0.15, 0.2) is 11.6 Å². The average Bonchev–Trinajstić information content (AvgIpc) is 2.77. The monoisotopic (exact) mass is 421 g/mol. The van der Waals surface area contributed by atoms with E-state index in [0.29, 0.717) is 34.9 Å². The van der Waals surface area contributed by atoms with E-state index in [4.69, 9.17) is 10.5 Å². The Bertz CT molecular complexity index is 1250. The summed E-state index contributed by atoms with van der Waals surface area (Å²) < 4.78 is 32.0. The van der Waals surface area contributed by atoms with E-state index in [1.54, 1.807) is 48.7 Å². The Morgan fingerprint density at radius 2 is 1.58 bits per heavy atom. The maximum absolute atomic E-state index is 13.2. The van der Waals surface area contributed by atoms with Crippen LogP contribution < -0.4 is 21.1 Å². The van der Waals surface area contributed by atoms with Crippen LogP contribution in [0, 0.1) is 11.6 Å². The molecule has 4 N–H and O–H groups in total. The van der Waals surface area contributed by atoms with Crippen molar-refractivity contribution in [3.05, 3.63) is 84.2 Å². The molecular weight excluding hydrogens is 404 g/mol. The first-order valence-electron chi connectivity index (χ1n) is 9.27. The van der Waals surface area contributed by atoms with Crippen molar-refractivity contribution in [2.24, 2.45) is 5.73 Å². The van der Waals surface area contributed by atoms with Crippen molar-refractivity contribution in [3.63, 3.8) is 0 Å². The standard InChI is InChI=1S/C22H17F2N5O2/c23-18-7-3-14(9-19(18)24)29-22(30)28-13-1-4-16(5-2-13)31-17-6-8-20-21(10-17)27-15(11-25)12-26-20/h1-10,12H,11,25H2,(H2,28,29,30). The Labute approximate surface area is 175 Å². The maximum atomic E-state index is 13.2. The number of hydrogen-bond acceptors (Lipinski definition) is 5. The molecule has 0 aliphatic carbocycles. The smallest absolute Gasteiger partial charge is 0.323 e. The Kier molecular flexibility index (Phi) is 5.67. The number of fused-ring (bicyclic) bond motifs is 1. The van der Waals surface area contributed by atoms with E-state index in [2.05, 4.69) is 20.6 Å². The van der Waals surface area contributed by atoms with Gasteiger partial charge in [0.2, 0.25) is 0 Å². The van der Waals surface area contributed by atoms with Crippen molar-refractivity contribution in [1.82, 2.24) is 9.97 Å². The minimum absolute atomic E-state index is 0.133. The van der Waals surface area contributed by atoms with Crippen LogP contribution in [0.5, 0.6) is 11.5 Å². The van der Waals surface area contributed by atoms with E-state index in [0.717, 1.165) is 17.6 Å².